The predicted octanol–water partition coefficient (Wildman–Crippen LogP) is 3.79. The van der Waals surface area contributed by atoms with E-state index in [0.717, 1.165) is 12.1 Å². The van der Waals surface area contributed by atoms with E-state index in [1.54, 1.807) is 11.0 Å². The van der Waals surface area contributed by atoms with Gasteiger partial charge in [0.1, 0.15) is 17.7 Å². The molecule has 0 saturated carbocycles. The Morgan fingerprint density at radius 3 is 2.42 bits per heavy atom. The Morgan fingerprint density at radius 1 is 1.00 bits per heavy atom. The first-order chi connectivity index (χ1) is 11.5. The van der Waals surface area contributed by atoms with Crippen LogP contribution in [0.1, 0.15) is 23.2 Å². The van der Waals surface area contributed by atoms with Crippen molar-refractivity contribution in [2.45, 2.75) is 18.9 Å². The van der Waals surface area contributed by atoms with E-state index < -0.39 is 17.5 Å². The Hall–Kier alpha value is -2.50. The second-order valence-corrected chi connectivity index (χ2v) is 5.70. The molecule has 3 rings (SSSR count). The van der Waals surface area contributed by atoms with Crippen molar-refractivity contribution >= 4 is 5.91 Å². The number of nitrogens with zero attached hydrogens (tertiary/aromatic N) is 1. The molecule has 0 radical (unpaired) electrons. The Bertz CT molecular complexity index is 743. The fraction of sp³-hybridized carbons (Fsp3) is 0.278. The Labute approximate surface area is 137 Å². The minimum atomic E-state index is -0.953. The van der Waals surface area contributed by atoms with Gasteiger partial charge in [0.25, 0.3) is 5.91 Å². The number of rotatable bonds is 3. The first-order valence-electron chi connectivity index (χ1n) is 7.69. The molecule has 2 aromatic carbocycles. The summed E-state index contributed by atoms with van der Waals surface area (Å²) in [6.07, 6.45) is 0.964. The van der Waals surface area contributed by atoms with Crippen molar-refractivity contribution in [3.8, 4) is 5.75 Å². The first kappa shape index (κ1) is 16.4. The summed E-state index contributed by atoms with van der Waals surface area (Å²) in [5.74, 6) is -2.27. The lowest BCUT2D eigenvalue weighted by atomic mass is 10.1. The lowest BCUT2D eigenvalue weighted by molar-refractivity contribution is 0.0594. The third kappa shape index (κ3) is 3.69. The van der Waals surface area contributed by atoms with Gasteiger partial charge in [-0.2, -0.15) is 0 Å². The summed E-state index contributed by atoms with van der Waals surface area (Å²) < 4.78 is 44.9. The van der Waals surface area contributed by atoms with Gasteiger partial charge >= 0.3 is 0 Å². The van der Waals surface area contributed by atoms with Crippen LogP contribution in [0.15, 0.2) is 42.5 Å². The quantitative estimate of drug-likeness (QED) is 0.854. The number of likely N-dealkylation sites (tertiary alicyclic amines) is 1. The second-order valence-electron chi connectivity index (χ2n) is 5.70. The van der Waals surface area contributed by atoms with E-state index in [-0.39, 0.29) is 17.8 Å². The lowest BCUT2D eigenvalue weighted by Crippen LogP contribution is -2.41. The number of hydrogen-bond donors (Lipinski definition) is 0. The van der Waals surface area contributed by atoms with Gasteiger partial charge in [-0.3, -0.25) is 4.79 Å². The maximum atomic E-state index is 13.2. The molecule has 1 fully saturated rings. The van der Waals surface area contributed by atoms with Gasteiger partial charge < -0.3 is 9.64 Å². The van der Waals surface area contributed by atoms with Gasteiger partial charge in [-0.1, -0.05) is 6.07 Å². The van der Waals surface area contributed by atoms with E-state index in [1.165, 1.54) is 24.3 Å². The van der Waals surface area contributed by atoms with Crippen LogP contribution in [0, 0.1) is 17.5 Å². The number of ether oxygens (including phenoxy) is 1. The van der Waals surface area contributed by atoms with E-state index in [2.05, 4.69) is 0 Å². The van der Waals surface area contributed by atoms with Crippen molar-refractivity contribution in [1.29, 1.82) is 0 Å². The molecule has 3 nitrogen and oxygen atoms in total. The Balaban J connectivity index is 1.57. The van der Waals surface area contributed by atoms with Crippen molar-refractivity contribution in [3.05, 3.63) is 65.5 Å². The van der Waals surface area contributed by atoms with Crippen molar-refractivity contribution in [3.63, 3.8) is 0 Å². The van der Waals surface area contributed by atoms with E-state index in [9.17, 15) is 18.0 Å². The molecular formula is C18H16F3NO2. The highest BCUT2D eigenvalue weighted by molar-refractivity contribution is 5.94. The molecule has 0 atom stereocenters. The minimum Gasteiger partial charge on any atom is -0.490 e. The van der Waals surface area contributed by atoms with Gasteiger partial charge in [-0.05, 0) is 30.3 Å². The van der Waals surface area contributed by atoms with Crippen LogP contribution in [0.3, 0.4) is 0 Å². The number of carbonyl (C=O) groups is 1. The molecule has 1 saturated heterocycles. The molecule has 0 unspecified atom stereocenters. The number of benzene rings is 2. The Morgan fingerprint density at radius 2 is 1.75 bits per heavy atom. The zero-order chi connectivity index (χ0) is 17.1. The molecule has 2 aromatic rings. The minimum absolute atomic E-state index is 0.175. The number of halogens is 3. The number of carbonyl (C=O) groups excluding carboxylic acids is 1. The summed E-state index contributed by atoms with van der Waals surface area (Å²) in [5, 5.41) is 0. The highest BCUT2D eigenvalue weighted by Gasteiger charge is 2.25. The summed E-state index contributed by atoms with van der Waals surface area (Å²) >= 11 is 0. The topological polar surface area (TPSA) is 29.5 Å². The van der Waals surface area contributed by atoms with Crippen LogP contribution in [-0.4, -0.2) is 30.0 Å². The molecule has 0 N–H and O–H groups in total. The average Bonchev–Trinajstić information content (AvgIpc) is 2.58. The zero-order valence-electron chi connectivity index (χ0n) is 12.8. The Kier molecular flexibility index (Phi) is 4.74. The van der Waals surface area contributed by atoms with E-state index in [4.69, 9.17) is 4.74 Å². The molecule has 1 amide bonds. The standard InChI is InChI=1S/C18H16F3NO2/c19-13-3-1-2-12(10-13)18(23)22-8-6-14(7-9-22)24-15-4-5-16(20)17(21)11-15/h1-5,10-11,14H,6-9H2. The average molecular weight is 335 g/mol. The van der Waals surface area contributed by atoms with Gasteiger partial charge in [0.05, 0.1) is 0 Å². The molecule has 6 heteroatoms. The van der Waals surface area contributed by atoms with Crippen LogP contribution in [0.25, 0.3) is 0 Å². The maximum Gasteiger partial charge on any atom is 0.253 e. The van der Waals surface area contributed by atoms with Crippen LogP contribution in [-0.2, 0) is 0 Å². The van der Waals surface area contributed by atoms with Crippen molar-refractivity contribution in [2.24, 2.45) is 0 Å². The van der Waals surface area contributed by atoms with Crippen LogP contribution < -0.4 is 4.74 Å². The molecule has 126 valence electrons. The molecule has 0 spiro atoms. The number of hydrogen-bond acceptors (Lipinski definition) is 2. The zero-order valence-corrected chi connectivity index (χ0v) is 12.8. The summed E-state index contributed by atoms with van der Waals surface area (Å²) in [6, 6.07) is 9.00. The van der Waals surface area contributed by atoms with Crippen LogP contribution >= 0.6 is 0 Å². The van der Waals surface area contributed by atoms with E-state index >= 15 is 0 Å². The maximum absolute atomic E-state index is 13.2. The summed E-state index contributed by atoms with van der Waals surface area (Å²) in [4.78, 5) is 14.0. The normalized spacial score (nSPS) is 15.4. The molecular weight excluding hydrogens is 319 g/mol. The van der Waals surface area contributed by atoms with Crippen molar-refractivity contribution in [1.82, 2.24) is 4.90 Å². The molecule has 24 heavy (non-hydrogen) atoms. The van der Waals surface area contributed by atoms with Crippen LogP contribution in [0.2, 0.25) is 0 Å². The van der Waals surface area contributed by atoms with Gasteiger partial charge in [0.15, 0.2) is 11.6 Å². The molecule has 0 bridgehead atoms. The van der Waals surface area contributed by atoms with E-state index in [0.29, 0.717) is 31.5 Å². The number of piperidine rings is 1. The van der Waals surface area contributed by atoms with E-state index in [1.807, 2.05) is 0 Å². The van der Waals surface area contributed by atoms with Gasteiger partial charge in [0, 0.05) is 37.6 Å². The molecule has 0 aliphatic carbocycles. The smallest absolute Gasteiger partial charge is 0.253 e. The molecule has 1 aliphatic heterocycles. The number of amides is 1. The van der Waals surface area contributed by atoms with Gasteiger partial charge in [0.2, 0.25) is 0 Å². The van der Waals surface area contributed by atoms with Gasteiger partial charge in [-0.15, -0.1) is 0 Å². The monoisotopic (exact) mass is 335 g/mol. The van der Waals surface area contributed by atoms with Crippen LogP contribution in [0.4, 0.5) is 13.2 Å². The largest absolute Gasteiger partial charge is 0.490 e. The molecule has 0 aromatic heterocycles. The third-order valence-electron chi connectivity index (χ3n) is 3.99. The van der Waals surface area contributed by atoms with Gasteiger partial charge in [-0.25, -0.2) is 13.2 Å². The summed E-state index contributed by atoms with van der Waals surface area (Å²) in [5.41, 5.74) is 0.315. The second kappa shape index (κ2) is 6.95. The van der Waals surface area contributed by atoms with Crippen molar-refractivity contribution < 1.29 is 22.7 Å². The van der Waals surface area contributed by atoms with Crippen LogP contribution in [0.5, 0.6) is 5.75 Å². The predicted molar refractivity (Wildman–Crippen MR) is 82.3 cm³/mol. The van der Waals surface area contributed by atoms with Crippen molar-refractivity contribution in [2.75, 3.05) is 13.1 Å². The molecule has 1 aliphatic rings. The fourth-order valence-electron chi connectivity index (χ4n) is 2.72. The highest BCUT2D eigenvalue weighted by atomic mass is 19.2. The summed E-state index contributed by atoms with van der Waals surface area (Å²) in [7, 11) is 0. The fourth-order valence-corrected chi connectivity index (χ4v) is 2.72. The SMILES string of the molecule is O=C(c1cccc(F)c1)N1CCC(Oc2ccc(F)c(F)c2)CC1. The highest BCUT2D eigenvalue weighted by Crippen LogP contribution is 2.22. The summed E-state index contributed by atoms with van der Waals surface area (Å²) in [6.45, 7) is 0.924. The third-order valence-corrected chi connectivity index (χ3v) is 3.99. The first-order valence-corrected chi connectivity index (χ1v) is 7.69. The molecule has 1 heterocycles. The lowest BCUT2D eigenvalue weighted by Gasteiger charge is -2.32.